The summed E-state index contributed by atoms with van der Waals surface area (Å²) in [6, 6.07) is 16.1. The fraction of sp³-hybridized carbons (Fsp3) is 0.273. The number of carbonyl (C=O) groups is 1. The zero-order valence-electron chi connectivity index (χ0n) is 16.4. The maximum Gasteiger partial charge on any atom is 0.238 e. The first kappa shape index (κ1) is 19.7. The number of benzene rings is 2. The summed E-state index contributed by atoms with van der Waals surface area (Å²) in [4.78, 5) is 21.4. The summed E-state index contributed by atoms with van der Waals surface area (Å²) in [5.74, 6) is 0.967. The molecule has 1 aliphatic rings. The molecule has 6 nitrogen and oxygen atoms in total. The van der Waals surface area contributed by atoms with E-state index >= 15 is 0 Å². The molecule has 3 aromatic rings. The van der Waals surface area contributed by atoms with Gasteiger partial charge in [-0.05, 0) is 43.3 Å². The molecule has 0 spiro atoms. The normalized spacial score (nSPS) is 14.8. The van der Waals surface area contributed by atoms with Crippen LogP contribution in [0.4, 0.5) is 11.6 Å². The summed E-state index contributed by atoms with van der Waals surface area (Å²) < 4.78 is 3.12. The Bertz CT molecular complexity index is 960. The van der Waals surface area contributed by atoms with Crippen LogP contribution >= 0.6 is 15.9 Å². The van der Waals surface area contributed by atoms with Crippen molar-refractivity contribution in [3.63, 3.8) is 0 Å². The maximum atomic E-state index is 12.3. The molecule has 29 heavy (non-hydrogen) atoms. The summed E-state index contributed by atoms with van der Waals surface area (Å²) in [6.07, 6.45) is 3.84. The van der Waals surface area contributed by atoms with Crippen LogP contribution in [0.1, 0.15) is 5.56 Å². The Morgan fingerprint density at radius 1 is 1.03 bits per heavy atom. The van der Waals surface area contributed by atoms with E-state index in [-0.39, 0.29) is 5.91 Å². The number of imidazole rings is 1. The Morgan fingerprint density at radius 2 is 1.72 bits per heavy atom. The van der Waals surface area contributed by atoms with E-state index in [2.05, 4.69) is 71.8 Å². The van der Waals surface area contributed by atoms with E-state index in [4.69, 9.17) is 0 Å². The molecule has 0 aliphatic carbocycles. The lowest BCUT2D eigenvalue weighted by Crippen LogP contribution is -2.49. The first-order valence-corrected chi connectivity index (χ1v) is 10.5. The van der Waals surface area contributed by atoms with E-state index in [1.165, 1.54) is 5.56 Å². The Labute approximate surface area is 179 Å². The monoisotopic (exact) mass is 453 g/mol. The van der Waals surface area contributed by atoms with Crippen molar-refractivity contribution in [2.24, 2.45) is 0 Å². The molecule has 0 radical (unpaired) electrons. The molecule has 4 rings (SSSR count). The summed E-state index contributed by atoms with van der Waals surface area (Å²) >= 11 is 3.40. The van der Waals surface area contributed by atoms with Crippen molar-refractivity contribution >= 4 is 33.5 Å². The molecular weight excluding hydrogens is 430 g/mol. The van der Waals surface area contributed by atoms with Crippen LogP contribution in [0.5, 0.6) is 0 Å². The standard InChI is InChI=1S/C22H24BrN5O/c1-17-2-8-20(9-3-17)28-11-10-24-22(28)27-14-12-26(13-15-27)16-21(29)25-19-6-4-18(23)5-7-19/h2-11H,12-16H2,1H3,(H,25,29). The second kappa shape index (κ2) is 8.80. The minimum Gasteiger partial charge on any atom is -0.339 e. The Kier molecular flexibility index (Phi) is 5.97. The average Bonchev–Trinajstić information content (AvgIpc) is 3.21. The van der Waals surface area contributed by atoms with Gasteiger partial charge in [-0.1, -0.05) is 33.6 Å². The molecule has 1 saturated heterocycles. The summed E-state index contributed by atoms with van der Waals surface area (Å²) in [5.41, 5.74) is 3.17. The number of piperazine rings is 1. The van der Waals surface area contributed by atoms with E-state index in [0.717, 1.165) is 48.0 Å². The molecule has 0 unspecified atom stereocenters. The lowest BCUT2D eigenvalue weighted by molar-refractivity contribution is -0.117. The van der Waals surface area contributed by atoms with Gasteiger partial charge >= 0.3 is 0 Å². The number of nitrogens with one attached hydrogen (secondary N) is 1. The third-order valence-electron chi connectivity index (χ3n) is 5.08. The van der Waals surface area contributed by atoms with Crippen molar-refractivity contribution in [2.45, 2.75) is 6.92 Å². The van der Waals surface area contributed by atoms with Crippen molar-refractivity contribution in [3.05, 3.63) is 71.0 Å². The maximum absolute atomic E-state index is 12.3. The van der Waals surface area contributed by atoms with Crippen LogP contribution in [0, 0.1) is 6.92 Å². The molecule has 2 aromatic carbocycles. The fourth-order valence-electron chi connectivity index (χ4n) is 3.48. The molecule has 2 heterocycles. The average molecular weight is 454 g/mol. The molecule has 0 bridgehead atoms. The van der Waals surface area contributed by atoms with Crippen LogP contribution in [0.25, 0.3) is 5.69 Å². The summed E-state index contributed by atoms with van der Waals surface area (Å²) in [6.45, 7) is 5.83. The number of nitrogens with zero attached hydrogens (tertiary/aromatic N) is 4. The zero-order valence-corrected chi connectivity index (χ0v) is 18.0. The van der Waals surface area contributed by atoms with Gasteiger partial charge in [0.25, 0.3) is 0 Å². The van der Waals surface area contributed by atoms with E-state index in [9.17, 15) is 4.79 Å². The van der Waals surface area contributed by atoms with Gasteiger partial charge in [-0.15, -0.1) is 0 Å². The summed E-state index contributed by atoms with van der Waals surface area (Å²) in [5, 5.41) is 2.96. The molecule has 1 aliphatic heterocycles. The Hall–Kier alpha value is -2.64. The largest absolute Gasteiger partial charge is 0.339 e. The zero-order chi connectivity index (χ0) is 20.2. The predicted octanol–water partition coefficient (Wildman–Crippen LogP) is 3.70. The second-order valence-corrected chi connectivity index (χ2v) is 8.17. The highest BCUT2D eigenvalue weighted by Gasteiger charge is 2.22. The van der Waals surface area contributed by atoms with Gasteiger partial charge in [0.05, 0.1) is 6.54 Å². The minimum atomic E-state index is 0.0157. The Morgan fingerprint density at radius 3 is 2.41 bits per heavy atom. The van der Waals surface area contributed by atoms with Gasteiger partial charge in [-0.25, -0.2) is 4.98 Å². The third kappa shape index (κ3) is 4.86. The number of aromatic nitrogens is 2. The van der Waals surface area contributed by atoms with Crippen LogP contribution in [-0.4, -0.2) is 53.1 Å². The molecular formula is C22H24BrN5O. The van der Waals surface area contributed by atoms with E-state index in [1.54, 1.807) is 0 Å². The van der Waals surface area contributed by atoms with Crippen LogP contribution < -0.4 is 10.2 Å². The number of amides is 1. The molecule has 1 aromatic heterocycles. The molecule has 7 heteroatoms. The molecule has 1 N–H and O–H groups in total. The van der Waals surface area contributed by atoms with Gasteiger partial charge in [-0.2, -0.15) is 0 Å². The number of hydrogen-bond acceptors (Lipinski definition) is 4. The van der Waals surface area contributed by atoms with Gasteiger partial charge in [0.1, 0.15) is 0 Å². The number of carbonyl (C=O) groups excluding carboxylic acids is 1. The van der Waals surface area contributed by atoms with Gasteiger partial charge in [0.15, 0.2) is 0 Å². The lowest BCUT2D eigenvalue weighted by atomic mass is 10.2. The number of aryl methyl sites for hydroxylation is 1. The van der Waals surface area contributed by atoms with Gasteiger partial charge < -0.3 is 10.2 Å². The highest BCUT2D eigenvalue weighted by molar-refractivity contribution is 9.10. The van der Waals surface area contributed by atoms with Crippen molar-refractivity contribution in [1.29, 1.82) is 0 Å². The molecule has 1 amide bonds. The lowest BCUT2D eigenvalue weighted by Gasteiger charge is -2.35. The second-order valence-electron chi connectivity index (χ2n) is 7.25. The Balaban J connectivity index is 1.33. The van der Waals surface area contributed by atoms with Crippen molar-refractivity contribution < 1.29 is 4.79 Å². The molecule has 0 atom stereocenters. The number of rotatable bonds is 5. The van der Waals surface area contributed by atoms with Gasteiger partial charge in [-0.3, -0.25) is 14.3 Å². The molecule has 0 saturated carbocycles. The van der Waals surface area contributed by atoms with E-state index < -0.39 is 0 Å². The first-order chi connectivity index (χ1) is 14.1. The minimum absolute atomic E-state index is 0.0157. The summed E-state index contributed by atoms with van der Waals surface area (Å²) in [7, 11) is 0. The van der Waals surface area contributed by atoms with Gasteiger partial charge in [0, 0.05) is 54.4 Å². The van der Waals surface area contributed by atoms with Crippen LogP contribution in [-0.2, 0) is 4.79 Å². The SMILES string of the molecule is Cc1ccc(-n2ccnc2N2CCN(CC(=O)Nc3ccc(Br)cc3)CC2)cc1. The van der Waals surface area contributed by atoms with Crippen molar-refractivity contribution in [2.75, 3.05) is 42.9 Å². The fourth-order valence-corrected chi connectivity index (χ4v) is 3.74. The third-order valence-corrected chi connectivity index (χ3v) is 5.61. The van der Waals surface area contributed by atoms with Gasteiger partial charge in [0.2, 0.25) is 11.9 Å². The number of halogens is 1. The first-order valence-electron chi connectivity index (χ1n) is 9.71. The van der Waals surface area contributed by atoms with Crippen molar-refractivity contribution in [1.82, 2.24) is 14.5 Å². The topological polar surface area (TPSA) is 53.4 Å². The van der Waals surface area contributed by atoms with Crippen molar-refractivity contribution in [3.8, 4) is 5.69 Å². The number of anilines is 2. The van der Waals surface area contributed by atoms with Crippen LogP contribution in [0.2, 0.25) is 0 Å². The van der Waals surface area contributed by atoms with E-state index in [0.29, 0.717) is 6.54 Å². The molecule has 1 fully saturated rings. The molecule has 150 valence electrons. The quantitative estimate of drug-likeness (QED) is 0.639. The van der Waals surface area contributed by atoms with Crippen LogP contribution in [0.3, 0.4) is 0 Å². The highest BCUT2D eigenvalue weighted by Crippen LogP contribution is 2.20. The number of hydrogen-bond donors (Lipinski definition) is 1. The highest BCUT2D eigenvalue weighted by atomic mass is 79.9. The van der Waals surface area contributed by atoms with E-state index in [1.807, 2.05) is 36.7 Å². The van der Waals surface area contributed by atoms with Crippen LogP contribution in [0.15, 0.2) is 65.4 Å². The predicted molar refractivity (Wildman–Crippen MR) is 120 cm³/mol. The smallest absolute Gasteiger partial charge is 0.238 e.